The number of imide groups is 1. The summed E-state index contributed by atoms with van der Waals surface area (Å²) in [6.45, 7) is 5.83. The Morgan fingerprint density at radius 2 is 1.61 bits per heavy atom. The number of allylic oxidation sites excluding steroid dienone is 2. The zero-order chi connectivity index (χ0) is 16.6. The molecule has 1 saturated carbocycles. The topological polar surface area (TPSA) is 57.7 Å². The van der Waals surface area contributed by atoms with E-state index in [-0.39, 0.29) is 54.4 Å². The van der Waals surface area contributed by atoms with Crippen LogP contribution in [0.3, 0.4) is 0 Å². The van der Waals surface area contributed by atoms with Gasteiger partial charge in [-0.15, -0.1) is 0 Å². The second-order valence-electron chi connectivity index (χ2n) is 6.96. The van der Waals surface area contributed by atoms with E-state index in [2.05, 4.69) is 12.2 Å². The molecule has 0 aromatic rings. The molecule has 1 heterocycles. The molecule has 2 bridgehead atoms. The molecule has 2 fully saturated rings. The predicted octanol–water partition coefficient (Wildman–Crippen LogP) is 1.83. The van der Waals surface area contributed by atoms with Crippen LogP contribution in [0.25, 0.3) is 0 Å². The van der Waals surface area contributed by atoms with Crippen molar-refractivity contribution < 1.29 is 14.4 Å². The van der Waals surface area contributed by atoms with Gasteiger partial charge in [0.1, 0.15) is 0 Å². The highest BCUT2D eigenvalue weighted by atomic mass is 16.2. The minimum atomic E-state index is -0.157. The Hall–Kier alpha value is -1.65. The average molecular weight is 318 g/mol. The molecule has 5 nitrogen and oxygen atoms in total. The molecule has 1 saturated heterocycles. The molecule has 3 amide bonds. The maximum atomic E-state index is 12.6. The molecule has 3 rings (SSSR count). The summed E-state index contributed by atoms with van der Waals surface area (Å²) in [6, 6.07) is 0. The summed E-state index contributed by atoms with van der Waals surface area (Å²) in [6.07, 6.45) is 7.23. The van der Waals surface area contributed by atoms with Crippen LogP contribution in [-0.4, -0.2) is 47.2 Å². The third kappa shape index (κ3) is 2.70. The lowest BCUT2D eigenvalue weighted by atomic mass is 9.85. The molecule has 3 aliphatic rings. The second kappa shape index (κ2) is 6.46. The summed E-state index contributed by atoms with van der Waals surface area (Å²) in [5.41, 5.74) is 0. The molecule has 0 aromatic carbocycles. The zero-order valence-corrected chi connectivity index (χ0v) is 14.0. The highest BCUT2D eigenvalue weighted by Gasteiger charge is 2.59. The quantitative estimate of drug-likeness (QED) is 0.531. The monoisotopic (exact) mass is 318 g/mol. The first-order valence-electron chi connectivity index (χ1n) is 8.89. The van der Waals surface area contributed by atoms with Gasteiger partial charge in [-0.25, -0.2) is 0 Å². The molecular formula is C18H26N2O3. The Morgan fingerprint density at radius 3 is 2.09 bits per heavy atom. The Kier molecular flexibility index (Phi) is 4.55. The van der Waals surface area contributed by atoms with Crippen molar-refractivity contribution in [2.24, 2.45) is 23.7 Å². The SMILES string of the molecule is CCCN(CCC)C(=O)CCN1C(=O)[C@@H]2[C@@H](C1=O)[C@H]1C=C[C@@H]2C1. The summed E-state index contributed by atoms with van der Waals surface area (Å²) >= 11 is 0. The van der Waals surface area contributed by atoms with Crippen molar-refractivity contribution in [1.29, 1.82) is 0 Å². The van der Waals surface area contributed by atoms with E-state index < -0.39 is 0 Å². The number of hydrogen-bond acceptors (Lipinski definition) is 3. The van der Waals surface area contributed by atoms with Crippen LogP contribution >= 0.6 is 0 Å². The second-order valence-corrected chi connectivity index (χ2v) is 6.96. The Morgan fingerprint density at radius 1 is 1.09 bits per heavy atom. The number of carbonyl (C=O) groups excluding carboxylic acids is 3. The number of likely N-dealkylation sites (tertiary alicyclic amines) is 1. The van der Waals surface area contributed by atoms with Crippen LogP contribution < -0.4 is 0 Å². The molecule has 0 radical (unpaired) electrons. The summed E-state index contributed by atoms with van der Waals surface area (Å²) in [7, 11) is 0. The van der Waals surface area contributed by atoms with E-state index >= 15 is 0 Å². The molecule has 0 spiro atoms. The molecule has 5 heteroatoms. The van der Waals surface area contributed by atoms with Crippen LogP contribution in [0.5, 0.6) is 0 Å². The third-order valence-corrected chi connectivity index (χ3v) is 5.45. The molecule has 2 aliphatic carbocycles. The van der Waals surface area contributed by atoms with E-state index in [1.54, 1.807) is 0 Å². The Labute approximate surface area is 137 Å². The largest absolute Gasteiger partial charge is 0.343 e. The minimum Gasteiger partial charge on any atom is -0.343 e. The first kappa shape index (κ1) is 16.2. The van der Waals surface area contributed by atoms with Gasteiger partial charge >= 0.3 is 0 Å². The lowest BCUT2D eigenvalue weighted by Gasteiger charge is -2.23. The fraction of sp³-hybridized carbons (Fsp3) is 0.722. The first-order chi connectivity index (χ1) is 11.1. The molecule has 0 unspecified atom stereocenters. The van der Waals surface area contributed by atoms with Crippen LogP contribution in [0.4, 0.5) is 0 Å². The van der Waals surface area contributed by atoms with Crippen LogP contribution in [0.15, 0.2) is 12.2 Å². The van der Waals surface area contributed by atoms with Crippen molar-refractivity contribution in [3.63, 3.8) is 0 Å². The fourth-order valence-corrected chi connectivity index (χ4v) is 4.45. The molecular weight excluding hydrogens is 292 g/mol. The van der Waals surface area contributed by atoms with E-state index in [1.807, 2.05) is 18.7 Å². The average Bonchev–Trinajstić information content (AvgIpc) is 3.20. The Bertz CT molecular complexity index is 506. The van der Waals surface area contributed by atoms with Gasteiger partial charge in [0.05, 0.1) is 11.8 Å². The molecule has 1 aliphatic heterocycles. The highest BCUT2D eigenvalue weighted by Crippen LogP contribution is 2.52. The predicted molar refractivity (Wildman–Crippen MR) is 86.2 cm³/mol. The molecule has 0 N–H and O–H groups in total. The maximum absolute atomic E-state index is 12.6. The van der Waals surface area contributed by atoms with Crippen LogP contribution in [-0.2, 0) is 14.4 Å². The van der Waals surface area contributed by atoms with Gasteiger partial charge in [-0.1, -0.05) is 26.0 Å². The van der Waals surface area contributed by atoms with E-state index in [9.17, 15) is 14.4 Å². The van der Waals surface area contributed by atoms with Gasteiger partial charge < -0.3 is 4.90 Å². The number of nitrogens with zero attached hydrogens (tertiary/aromatic N) is 2. The van der Waals surface area contributed by atoms with Crippen LogP contribution in [0.1, 0.15) is 39.5 Å². The van der Waals surface area contributed by atoms with E-state index in [0.717, 1.165) is 32.4 Å². The van der Waals surface area contributed by atoms with E-state index in [1.165, 1.54) is 4.90 Å². The van der Waals surface area contributed by atoms with Crippen molar-refractivity contribution in [2.45, 2.75) is 39.5 Å². The normalized spacial score (nSPS) is 31.1. The number of amides is 3. The fourth-order valence-electron chi connectivity index (χ4n) is 4.45. The first-order valence-corrected chi connectivity index (χ1v) is 8.89. The van der Waals surface area contributed by atoms with Crippen molar-refractivity contribution in [3.05, 3.63) is 12.2 Å². The summed E-state index contributed by atoms with van der Waals surface area (Å²) in [4.78, 5) is 40.7. The smallest absolute Gasteiger partial charge is 0.233 e. The lowest BCUT2D eigenvalue weighted by Crippen LogP contribution is -2.38. The number of fused-ring (bicyclic) bond motifs is 5. The molecule has 23 heavy (non-hydrogen) atoms. The van der Waals surface area contributed by atoms with E-state index in [4.69, 9.17) is 0 Å². The molecule has 4 atom stereocenters. The van der Waals surface area contributed by atoms with Crippen molar-refractivity contribution >= 4 is 17.7 Å². The minimum absolute atomic E-state index is 0.0486. The van der Waals surface area contributed by atoms with Gasteiger partial charge in [-0.3, -0.25) is 19.3 Å². The standard InChI is InChI=1S/C18H26N2O3/c1-3-8-19(9-4-2)14(21)7-10-20-17(22)15-12-5-6-13(11-12)16(15)18(20)23/h5-6,12-13,15-16H,3-4,7-11H2,1-2H3/t12-,13+,15-,16-/m0/s1. The Balaban J connectivity index is 1.60. The third-order valence-electron chi connectivity index (χ3n) is 5.45. The highest BCUT2D eigenvalue weighted by molar-refractivity contribution is 6.06. The van der Waals surface area contributed by atoms with Crippen molar-refractivity contribution in [3.8, 4) is 0 Å². The summed E-state index contributed by atoms with van der Waals surface area (Å²) in [5, 5.41) is 0. The van der Waals surface area contributed by atoms with Gasteiger partial charge in [-0.05, 0) is 31.1 Å². The number of hydrogen-bond donors (Lipinski definition) is 0. The summed E-state index contributed by atoms with van der Waals surface area (Å²) < 4.78 is 0. The molecule has 0 aromatic heterocycles. The molecule has 126 valence electrons. The number of rotatable bonds is 7. The van der Waals surface area contributed by atoms with Gasteiger partial charge in [0.15, 0.2) is 0 Å². The maximum Gasteiger partial charge on any atom is 0.233 e. The zero-order valence-electron chi connectivity index (χ0n) is 14.0. The van der Waals surface area contributed by atoms with Gasteiger partial charge in [0.25, 0.3) is 0 Å². The van der Waals surface area contributed by atoms with Gasteiger partial charge in [0.2, 0.25) is 17.7 Å². The summed E-state index contributed by atoms with van der Waals surface area (Å²) in [5.74, 6) is 0.0967. The van der Waals surface area contributed by atoms with E-state index in [0.29, 0.717) is 0 Å². The van der Waals surface area contributed by atoms with Crippen molar-refractivity contribution in [1.82, 2.24) is 9.80 Å². The lowest BCUT2D eigenvalue weighted by molar-refractivity contribution is -0.141. The van der Waals surface area contributed by atoms with Crippen molar-refractivity contribution in [2.75, 3.05) is 19.6 Å². The van der Waals surface area contributed by atoms with Crippen LogP contribution in [0, 0.1) is 23.7 Å². The van der Waals surface area contributed by atoms with Crippen LogP contribution in [0.2, 0.25) is 0 Å². The number of carbonyl (C=O) groups is 3. The van der Waals surface area contributed by atoms with Gasteiger partial charge in [-0.2, -0.15) is 0 Å². The van der Waals surface area contributed by atoms with Gasteiger partial charge in [0, 0.05) is 26.1 Å².